The quantitative estimate of drug-likeness (QED) is 0.0664. The number of hydrogen-bond donors (Lipinski definition) is 0. The Balaban J connectivity index is 2.26. The molecule has 0 nitrogen and oxygen atoms in total. The molecule has 0 aromatic heterocycles. The van der Waals surface area contributed by atoms with E-state index in [4.69, 9.17) is 0 Å². The van der Waals surface area contributed by atoms with Crippen LogP contribution in [0.2, 0.25) is 66.5 Å². The second kappa shape index (κ2) is 22.2. The summed E-state index contributed by atoms with van der Waals surface area (Å²) in [5, 5.41) is 9.60. The summed E-state index contributed by atoms with van der Waals surface area (Å²) in [5.74, 6) is 16.4. The van der Waals surface area contributed by atoms with Gasteiger partial charge in [-0.3, -0.25) is 0 Å². The van der Waals surface area contributed by atoms with E-state index in [0.717, 1.165) is 22.3 Å². The van der Waals surface area contributed by atoms with Crippen LogP contribution < -0.4 is 0 Å². The minimum Gasteiger partial charge on any atom is -0.125 e. The van der Waals surface area contributed by atoms with Gasteiger partial charge in [-0.1, -0.05) is 238 Å². The number of hydrogen-bond acceptors (Lipinski definition) is 0. The van der Waals surface area contributed by atoms with E-state index in [9.17, 15) is 0 Å². The van der Waals surface area contributed by atoms with Gasteiger partial charge in [0.05, 0.1) is 0 Å². The third kappa shape index (κ3) is 9.76. The highest BCUT2D eigenvalue weighted by atomic mass is 28.3. The van der Waals surface area contributed by atoms with Crippen molar-refractivity contribution >= 4 is 75.4 Å². The standard InChI is InChI=1S/C66H94Si4/c1-43(2)67(44(3)4,45(5)6)37-33-59-55-29-25-26-30-56(55)60(34-38-68(46(7)8,47(9)10)48(11)12)64-42-66-62(36-40-70(52(19)20,53(21)22)54(23)24)58-32-28-27-31-57(58)61(65(66)41-63(59)64)35-39-69(49(13)14,50(15)16)51(17)18/h25-32,41-54H,1-24H3. The lowest BCUT2D eigenvalue weighted by Gasteiger charge is -2.38. The van der Waals surface area contributed by atoms with Crippen LogP contribution in [-0.4, -0.2) is 32.3 Å². The van der Waals surface area contributed by atoms with Crippen molar-refractivity contribution < 1.29 is 0 Å². The Hall–Kier alpha value is -3.75. The van der Waals surface area contributed by atoms with E-state index in [2.05, 4.69) is 273 Å². The van der Waals surface area contributed by atoms with Crippen LogP contribution in [0.3, 0.4) is 0 Å². The van der Waals surface area contributed by atoms with E-state index in [1.807, 2.05) is 0 Å². The summed E-state index contributed by atoms with van der Waals surface area (Å²) in [4.78, 5) is 0. The highest BCUT2D eigenvalue weighted by Gasteiger charge is 2.45. The Kier molecular flexibility index (Phi) is 18.1. The summed E-state index contributed by atoms with van der Waals surface area (Å²) in [6.07, 6.45) is 0. The van der Waals surface area contributed by atoms with Gasteiger partial charge in [0.2, 0.25) is 0 Å². The molecule has 0 atom stereocenters. The Morgan fingerprint density at radius 1 is 0.229 bits per heavy atom. The van der Waals surface area contributed by atoms with E-state index < -0.39 is 32.3 Å². The van der Waals surface area contributed by atoms with Gasteiger partial charge in [-0.05, 0) is 122 Å². The SMILES string of the molecule is CC(C)[Si](C#Cc1c2ccccc2c(C#C[Si](C(C)C)(C(C)C)C(C)C)c2cc3c(C#C[Si](C(C)C)(C(C)C)C(C)C)c4ccccc4c(C#C[Si](C(C)C)(C(C)C)C(C)C)c3cc12)(C(C)C)C(C)C. The van der Waals surface area contributed by atoms with Crippen LogP contribution >= 0.6 is 0 Å². The molecule has 5 rings (SSSR count). The molecule has 0 amide bonds. The lowest BCUT2D eigenvalue weighted by atomic mass is 9.86. The van der Waals surface area contributed by atoms with Crippen molar-refractivity contribution in [3.05, 3.63) is 82.9 Å². The van der Waals surface area contributed by atoms with Crippen LogP contribution in [0.5, 0.6) is 0 Å². The maximum absolute atomic E-state index is 4.23. The summed E-state index contributed by atoms with van der Waals surface area (Å²) >= 11 is 0. The first-order chi connectivity index (χ1) is 32.6. The molecule has 0 unspecified atom stereocenters. The minimum absolute atomic E-state index is 0.518. The van der Waals surface area contributed by atoms with Crippen molar-refractivity contribution in [2.45, 2.75) is 233 Å². The molecular weight excluding hydrogens is 905 g/mol. The molecule has 0 N–H and O–H groups in total. The zero-order chi connectivity index (χ0) is 52.6. The fraction of sp³-hybridized carbons (Fsp3) is 0.545. The highest BCUT2D eigenvalue weighted by molar-refractivity contribution is 6.92. The van der Waals surface area contributed by atoms with Crippen molar-refractivity contribution in [1.82, 2.24) is 0 Å². The Labute approximate surface area is 434 Å². The normalized spacial score (nSPS) is 13.1. The van der Waals surface area contributed by atoms with E-state index in [1.165, 1.54) is 43.1 Å². The third-order valence-corrected chi connectivity index (χ3v) is 43.4. The molecule has 374 valence electrons. The van der Waals surface area contributed by atoms with Crippen molar-refractivity contribution in [2.24, 2.45) is 0 Å². The predicted octanol–water partition coefficient (Wildman–Crippen LogP) is 20.6. The fourth-order valence-electron chi connectivity index (χ4n) is 14.8. The summed E-state index contributed by atoms with van der Waals surface area (Å²) in [6.45, 7) is 58.3. The maximum atomic E-state index is 4.23. The molecule has 4 heteroatoms. The van der Waals surface area contributed by atoms with Crippen LogP contribution in [-0.2, 0) is 0 Å². The number of benzene rings is 5. The zero-order valence-electron chi connectivity index (χ0n) is 48.7. The largest absolute Gasteiger partial charge is 0.146 e. The van der Waals surface area contributed by atoms with E-state index in [0.29, 0.717) is 66.5 Å². The Bertz CT molecular complexity index is 2470. The Morgan fingerprint density at radius 2 is 0.371 bits per heavy atom. The van der Waals surface area contributed by atoms with Gasteiger partial charge < -0.3 is 0 Å². The van der Waals surface area contributed by atoms with Crippen LogP contribution in [0.15, 0.2) is 60.7 Å². The van der Waals surface area contributed by atoms with Gasteiger partial charge in [0, 0.05) is 22.3 Å². The summed E-state index contributed by atoms with van der Waals surface area (Å²) in [6, 6.07) is 23.2. The molecule has 70 heavy (non-hydrogen) atoms. The van der Waals surface area contributed by atoms with Gasteiger partial charge in [-0.2, -0.15) is 0 Å². The van der Waals surface area contributed by atoms with Crippen LogP contribution in [0, 0.1) is 45.9 Å². The second-order valence-corrected chi connectivity index (χ2v) is 47.4. The molecule has 5 aromatic rings. The van der Waals surface area contributed by atoms with Gasteiger partial charge in [0.25, 0.3) is 0 Å². The molecule has 0 fully saturated rings. The molecule has 5 aromatic carbocycles. The molecule has 0 aliphatic heterocycles. The van der Waals surface area contributed by atoms with Crippen molar-refractivity contribution in [3.8, 4) is 45.9 Å². The molecule has 0 heterocycles. The van der Waals surface area contributed by atoms with Gasteiger partial charge in [-0.25, -0.2) is 0 Å². The number of fused-ring (bicyclic) bond motifs is 4. The number of rotatable bonds is 12. The van der Waals surface area contributed by atoms with Crippen LogP contribution in [0.25, 0.3) is 43.1 Å². The van der Waals surface area contributed by atoms with Gasteiger partial charge >= 0.3 is 0 Å². The summed E-state index contributed by atoms with van der Waals surface area (Å²) in [7, 11) is -8.50. The molecule has 0 saturated heterocycles. The topological polar surface area (TPSA) is 0 Å². The van der Waals surface area contributed by atoms with Crippen molar-refractivity contribution in [2.75, 3.05) is 0 Å². The molecule has 0 spiro atoms. The van der Waals surface area contributed by atoms with Gasteiger partial charge in [-0.15, -0.1) is 22.2 Å². The van der Waals surface area contributed by atoms with Gasteiger partial charge in [0.15, 0.2) is 0 Å². The van der Waals surface area contributed by atoms with E-state index in [-0.39, 0.29) is 0 Å². The predicted molar refractivity (Wildman–Crippen MR) is 328 cm³/mol. The molecule has 0 aliphatic rings. The van der Waals surface area contributed by atoms with E-state index >= 15 is 0 Å². The maximum Gasteiger partial charge on any atom is 0.146 e. The molecular formula is C66H94Si4. The molecule has 0 aliphatic carbocycles. The first-order valence-corrected chi connectivity index (χ1v) is 36.6. The average molecular weight is 1000 g/mol. The Morgan fingerprint density at radius 3 is 0.500 bits per heavy atom. The highest BCUT2D eigenvalue weighted by Crippen LogP contribution is 2.47. The smallest absolute Gasteiger partial charge is 0.125 e. The fourth-order valence-corrected chi connectivity index (χ4v) is 35.6. The van der Waals surface area contributed by atoms with Crippen molar-refractivity contribution in [1.29, 1.82) is 0 Å². The summed E-state index contributed by atoms with van der Waals surface area (Å²) < 4.78 is 0. The lowest BCUT2D eigenvalue weighted by Crippen LogP contribution is -2.43. The third-order valence-electron chi connectivity index (χ3n) is 18.2. The molecule has 0 bridgehead atoms. The van der Waals surface area contributed by atoms with Crippen LogP contribution in [0.4, 0.5) is 0 Å². The van der Waals surface area contributed by atoms with Gasteiger partial charge in [0.1, 0.15) is 32.3 Å². The van der Waals surface area contributed by atoms with Crippen molar-refractivity contribution in [3.63, 3.8) is 0 Å². The average Bonchev–Trinajstić information content (AvgIpc) is 3.25. The summed E-state index contributed by atoms with van der Waals surface area (Å²) in [5.41, 5.74) is 27.7. The first kappa shape index (κ1) is 57.2. The minimum atomic E-state index is -2.13. The second-order valence-electron chi connectivity index (χ2n) is 25.1. The lowest BCUT2D eigenvalue weighted by molar-refractivity contribution is 0.838. The first-order valence-electron chi connectivity index (χ1n) is 27.6. The monoisotopic (exact) mass is 999 g/mol. The molecule has 0 radical (unpaired) electrons. The van der Waals surface area contributed by atoms with Crippen LogP contribution in [0.1, 0.15) is 188 Å². The molecule has 0 saturated carbocycles. The zero-order valence-corrected chi connectivity index (χ0v) is 52.7. The van der Waals surface area contributed by atoms with E-state index in [1.54, 1.807) is 0 Å².